The Balaban J connectivity index is 1.27. The highest BCUT2D eigenvalue weighted by atomic mass is 19.3. The summed E-state index contributed by atoms with van der Waals surface area (Å²) >= 11 is 0. The lowest BCUT2D eigenvalue weighted by molar-refractivity contribution is -0.157. The summed E-state index contributed by atoms with van der Waals surface area (Å²) in [7, 11) is 0. The third-order valence-electron chi connectivity index (χ3n) is 9.34. The minimum Gasteiger partial charge on any atom is -0.480 e. The zero-order valence-electron chi connectivity index (χ0n) is 32.1. The van der Waals surface area contributed by atoms with Gasteiger partial charge in [-0.05, 0) is 25.5 Å². The topological polar surface area (TPSA) is 288 Å². The molecule has 0 bridgehead atoms. The van der Waals surface area contributed by atoms with Gasteiger partial charge in [-0.15, -0.1) is 0 Å². The van der Waals surface area contributed by atoms with E-state index >= 15 is 0 Å². The van der Waals surface area contributed by atoms with Gasteiger partial charge >= 0.3 is 12.1 Å². The lowest BCUT2D eigenvalue weighted by Crippen LogP contribution is -2.48. The third-order valence-corrected chi connectivity index (χ3v) is 9.34. The molecule has 3 rings (SSSR count). The summed E-state index contributed by atoms with van der Waals surface area (Å²) in [4.78, 5) is 82.4. The van der Waals surface area contributed by atoms with E-state index in [1.54, 1.807) is 6.07 Å². The molecule has 1 aromatic rings. The fourth-order valence-electron chi connectivity index (χ4n) is 6.14. The number of hydrogen-bond donors (Lipinski definition) is 7. The molecule has 0 spiro atoms. The molecule has 1 unspecified atom stereocenters. The molecule has 2 saturated heterocycles. The van der Waals surface area contributed by atoms with E-state index in [4.69, 9.17) is 14.7 Å². The number of hydrogen-bond acceptors (Lipinski definition) is 14. The molecule has 5 amide bonds. The van der Waals surface area contributed by atoms with E-state index < -0.39 is 73.2 Å². The number of nitriles is 1. The number of aromatic nitrogens is 1. The van der Waals surface area contributed by atoms with Crippen molar-refractivity contribution in [2.24, 2.45) is 0 Å². The van der Waals surface area contributed by atoms with E-state index in [9.17, 15) is 58.0 Å². The van der Waals surface area contributed by atoms with Gasteiger partial charge in [-0.1, -0.05) is 0 Å². The van der Waals surface area contributed by atoms with Gasteiger partial charge in [-0.2, -0.15) is 5.26 Å². The van der Waals surface area contributed by atoms with Gasteiger partial charge in [0.05, 0.1) is 51.3 Å². The van der Waals surface area contributed by atoms with E-state index in [0.717, 1.165) is 9.80 Å². The quantitative estimate of drug-likeness (QED) is 0.0565. The predicted molar refractivity (Wildman–Crippen MR) is 195 cm³/mol. The Bertz CT molecular complexity index is 1620. The maximum Gasteiger partial charge on any atom is 0.407 e. The fourth-order valence-corrected chi connectivity index (χ4v) is 6.14. The van der Waals surface area contributed by atoms with Crippen molar-refractivity contribution < 1.29 is 67.4 Å². The van der Waals surface area contributed by atoms with Gasteiger partial charge in [0.1, 0.15) is 18.1 Å². The number of aliphatic hydroxyl groups excluding tert-OH is 1. The van der Waals surface area contributed by atoms with Crippen LogP contribution in [-0.2, 0) is 35.2 Å². The lowest BCUT2D eigenvalue weighted by Gasteiger charge is -2.30. The Hall–Kier alpha value is -5.12. The van der Waals surface area contributed by atoms with Crippen LogP contribution < -0.4 is 16.0 Å². The lowest BCUT2D eigenvalue weighted by atomic mass is 10.1. The summed E-state index contributed by atoms with van der Waals surface area (Å²) in [5.74, 6) is -6.66. The maximum atomic E-state index is 13.8. The van der Waals surface area contributed by atoms with Crippen molar-refractivity contribution in [2.75, 3.05) is 78.8 Å². The number of halogens is 2. The number of amides is 5. The van der Waals surface area contributed by atoms with Crippen LogP contribution in [0.15, 0.2) is 18.3 Å². The first-order valence-electron chi connectivity index (χ1n) is 18.6. The summed E-state index contributed by atoms with van der Waals surface area (Å²) in [5, 5.41) is 55.4. The Kier molecular flexibility index (Phi) is 19.0. The smallest absolute Gasteiger partial charge is 0.407 e. The molecule has 21 nitrogen and oxygen atoms in total. The minimum atomic E-state index is -3.19. The van der Waals surface area contributed by atoms with Crippen molar-refractivity contribution in [3.05, 3.63) is 29.6 Å². The van der Waals surface area contributed by atoms with Crippen molar-refractivity contribution >= 4 is 35.7 Å². The van der Waals surface area contributed by atoms with Gasteiger partial charge in [0.2, 0.25) is 24.1 Å². The van der Waals surface area contributed by atoms with Crippen LogP contribution in [0.4, 0.5) is 13.6 Å². The maximum absolute atomic E-state index is 13.8. The van der Waals surface area contributed by atoms with Gasteiger partial charge in [0.15, 0.2) is 0 Å². The van der Waals surface area contributed by atoms with Gasteiger partial charge in [0.25, 0.3) is 11.8 Å². The number of carboxylic acids is 1. The molecule has 3 atom stereocenters. The predicted octanol–water partition coefficient (Wildman–Crippen LogP) is -1.79. The van der Waals surface area contributed by atoms with Crippen molar-refractivity contribution in [3.8, 4) is 6.07 Å². The number of likely N-dealkylation sites (tertiary alicyclic amines) is 1. The van der Waals surface area contributed by atoms with Crippen LogP contribution in [0, 0.1) is 11.3 Å². The van der Waals surface area contributed by atoms with Crippen molar-refractivity contribution in [1.29, 1.82) is 5.26 Å². The SMILES string of the molecule is C[C@H](NC(=O)c1ccnc(CNC(=O)CCOCCOCCNC(=O)CCC(C(=O)O)N2CCN(C(=O)O)CCN(C(O)O)CC2)c1)C(=O)N1CC(F)(F)C[C@H]1C#N. The van der Waals surface area contributed by atoms with Crippen LogP contribution in [0.25, 0.3) is 0 Å². The van der Waals surface area contributed by atoms with Gasteiger partial charge < -0.3 is 55.7 Å². The molecule has 0 radical (unpaired) electrons. The second kappa shape index (κ2) is 23.3. The van der Waals surface area contributed by atoms with E-state index in [-0.39, 0.29) is 110 Å². The number of carbonyl (C=O) groups excluding carboxylic acids is 4. The van der Waals surface area contributed by atoms with Crippen LogP contribution >= 0.6 is 0 Å². The third kappa shape index (κ3) is 15.7. The number of nitrogens with zero attached hydrogens (tertiary/aromatic N) is 6. The molecule has 3 heterocycles. The number of nitrogens with one attached hydrogen (secondary N) is 3. The average Bonchev–Trinajstić information content (AvgIpc) is 3.55. The minimum absolute atomic E-state index is 0.00257. The number of rotatable bonds is 20. The molecule has 0 aromatic carbocycles. The van der Waals surface area contributed by atoms with E-state index in [1.807, 2.05) is 0 Å². The number of carboxylic acid groups (broad SMARTS) is 2. The second-order valence-corrected chi connectivity index (χ2v) is 13.6. The fraction of sp³-hybridized carbons (Fsp3) is 0.657. The van der Waals surface area contributed by atoms with E-state index in [1.165, 1.54) is 35.1 Å². The monoisotopic (exact) mass is 827 g/mol. The number of aliphatic carboxylic acids is 1. The average molecular weight is 828 g/mol. The molecule has 58 heavy (non-hydrogen) atoms. The van der Waals surface area contributed by atoms with E-state index in [2.05, 4.69) is 20.9 Å². The number of pyridine rings is 1. The van der Waals surface area contributed by atoms with E-state index in [0.29, 0.717) is 5.69 Å². The molecule has 0 aliphatic carbocycles. The Labute approximate surface area is 332 Å². The molecule has 23 heteroatoms. The summed E-state index contributed by atoms with van der Waals surface area (Å²) in [6, 6.07) is 0.869. The normalized spacial score (nSPS) is 18.6. The molecule has 0 saturated carbocycles. The zero-order chi connectivity index (χ0) is 42.8. The Morgan fingerprint density at radius 2 is 1.59 bits per heavy atom. The van der Waals surface area contributed by atoms with Crippen LogP contribution in [-0.4, -0.2) is 190 Å². The summed E-state index contributed by atoms with van der Waals surface area (Å²) in [5.41, 5.74) is 0.448. The number of carbonyl (C=O) groups is 6. The first-order valence-corrected chi connectivity index (χ1v) is 18.6. The van der Waals surface area contributed by atoms with Crippen LogP contribution in [0.3, 0.4) is 0 Å². The number of ether oxygens (including phenoxy) is 2. The Morgan fingerprint density at radius 1 is 0.948 bits per heavy atom. The van der Waals surface area contributed by atoms with Crippen molar-refractivity contribution in [1.82, 2.24) is 40.5 Å². The first-order chi connectivity index (χ1) is 27.5. The molecule has 7 N–H and O–H groups in total. The molecular weight excluding hydrogens is 776 g/mol. The summed E-state index contributed by atoms with van der Waals surface area (Å²) < 4.78 is 38.3. The highest BCUT2D eigenvalue weighted by Crippen LogP contribution is 2.32. The van der Waals surface area contributed by atoms with Crippen molar-refractivity contribution in [3.63, 3.8) is 0 Å². The highest BCUT2D eigenvalue weighted by Gasteiger charge is 2.48. The van der Waals surface area contributed by atoms with Crippen LogP contribution in [0.5, 0.6) is 0 Å². The molecule has 2 aliphatic rings. The van der Waals surface area contributed by atoms with Crippen LogP contribution in [0.1, 0.15) is 48.7 Å². The second-order valence-electron chi connectivity index (χ2n) is 13.6. The van der Waals surface area contributed by atoms with Gasteiger partial charge in [-0.25, -0.2) is 13.6 Å². The Morgan fingerprint density at radius 3 is 2.24 bits per heavy atom. The standard InChI is InChI=1S/C35H51F2N9O12/c1-23(31(50)46-22-35(36,37)19-26(46)20-38)42-30(49)24-4-6-39-25(18-24)21-41-29(48)5-14-57-16-17-58-15-7-40-28(47)3-2-27(32(51)52)43-8-10-44(33(53)54)12-13-45(11-9-43)34(55)56/h4,6,18,23,26-27,33,53-54H,2-3,5,7-17,19,21-22H2,1H3,(H,40,47)(H,41,48)(H,42,49)(H,51,52)(H,55,56)/t23-,26-,27?/m0/s1. The summed E-state index contributed by atoms with van der Waals surface area (Å²) in [6.45, 7) is 1.35. The zero-order valence-corrected chi connectivity index (χ0v) is 32.1. The van der Waals surface area contributed by atoms with Crippen molar-refractivity contribution in [2.45, 2.75) is 69.6 Å². The number of alkyl halides is 2. The highest BCUT2D eigenvalue weighted by molar-refractivity contribution is 5.97. The molecule has 322 valence electrons. The van der Waals surface area contributed by atoms with Crippen LogP contribution in [0.2, 0.25) is 0 Å². The first kappa shape index (κ1) is 47.3. The number of aliphatic hydroxyl groups is 2. The van der Waals surface area contributed by atoms with Gasteiger partial charge in [-0.3, -0.25) is 38.8 Å². The molecule has 2 fully saturated rings. The van der Waals surface area contributed by atoms with Gasteiger partial charge in [0, 0.05) is 76.8 Å². The largest absolute Gasteiger partial charge is 0.480 e. The molecule has 1 aromatic heterocycles. The summed E-state index contributed by atoms with van der Waals surface area (Å²) in [6.07, 6.45) is -2.71. The molecule has 2 aliphatic heterocycles. The molecular formula is C35H51F2N9O12.